The summed E-state index contributed by atoms with van der Waals surface area (Å²) >= 11 is 0. The molecule has 1 amide bonds. The van der Waals surface area contributed by atoms with Crippen LogP contribution in [0.1, 0.15) is 61.7 Å². The number of carbonyl (C=O) groups excluding carboxylic acids is 1. The molecule has 0 aromatic rings. The smallest absolute Gasteiger partial charge is 0.207 e. The summed E-state index contributed by atoms with van der Waals surface area (Å²) in [7, 11) is 0. The van der Waals surface area contributed by atoms with Gasteiger partial charge in [-0.25, -0.2) is 0 Å². The van der Waals surface area contributed by atoms with Crippen molar-refractivity contribution in [2.45, 2.75) is 89.3 Å². The lowest BCUT2D eigenvalue weighted by molar-refractivity contribution is -0.182. The molecule has 6 nitrogen and oxygen atoms in total. The molecule has 1 N–H and O–H groups in total. The van der Waals surface area contributed by atoms with Crippen LogP contribution in [0.15, 0.2) is 0 Å². The summed E-state index contributed by atoms with van der Waals surface area (Å²) in [5, 5.41) is 2.65. The van der Waals surface area contributed by atoms with Gasteiger partial charge in [0.2, 0.25) is 6.41 Å². The van der Waals surface area contributed by atoms with Crippen LogP contribution in [0.25, 0.3) is 0 Å². The molecule has 0 aromatic carbocycles. The van der Waals surface area contributed by atoms with Crippen molar-refractivity contribution in [2.24, 2.45) is 5.41 Å². The summed E-state index contributed by atoms with van der Waals surface area (Å²) in [6.07, 6.45) is 3.60. The van der Waals surface area contributed by atoms with E-state index in [2.05, 4.69) is 26.1 Å². The summed E-state index contributed by atoms with van der Waals surface area (Å²) in [4.78, 5) is 10.3. The third-order valence-corrected chi connectivity index (χ3v) is 5.60. The van der Waals surface area contributed by atoms with Gasteiger partial charge in [-0.1, -0.05) is 0 Å². The molecule has 0 radical (unpaired) electrons. The first-order chi connectivity index (χ1) is 12.6. The van der Waals surface area contributed by atoms with Crippen LogP contribution in [-0.2, 0) is 23.7 Å². The van der Waals surface area contributed by atoms with Crippen molar-refractivity contribution in [3.8, 4) is 0 Å². The van der Waals surface area contributed by atoms with E-state index >= 15 is 0 Å². The van der Waals surface area contributed by atoms with E-state index in [9.17, 15) is 4.79 Å². The molecule has 5 atom stereocenters. The quantitative estimate of drug-likeness (QED) is 0.472. The highest BCUT2D eigenvalue weighted by molar-refractivity contribution is 5.45. The molecule has 0 aromatic heterocycles. The van der Waals surface area contributed by atoms with Gasteiger partial charge in [0.1, 0.15) is 17.3 Å². The Morgan fingerprint density at radius 3 is 2.81 bits per heavy atom. The molecule has 0 spiro atoms. The van der Waals surface area contributed by atoms with Crippen molar-refractivity contribution in [1.29, 1.82) is 0 Å². The maximum atomic E-state index is 10.3. The number of rotatable bonds is 10. The molecule has 1 aliphatic heterocycles. The molecular formula is C20H35NO5. The van der Waals surface area contributed by atoms with Crippen LogP contribution in [0.2, 0.25) is 0 Å². The van der Waals surface area contributed by atoms with Crippen molar-refractivity contribution in [3.63, 3.8) is 0 Å². The molecule has 2 aliphatic carbocycles. The van der Waals surface area contributed by atoms with Gasteiger partial charge >= 0.3 is 0 Å². The predicted octanol–water partition coefficient (Wildman–Crippen LogP) is 2.44. The zero-order chi connectivity index (χ0) is 19.9. The number of nitrogens with one attached hydrogen (secondary N) is 1. The molecule has 0 unspecified atom stereocenters. The van der Waals surface area contributed by atoms with Gasteiger partial charge in [0.25, 0.3) is 0 Å². The third kappa shape index (κ3) is 3.53. The van der Waals surface area contributed by atoms with Gasteiger partial charge in [-0.15, -0.1) is 0 Å². The molecule has 6 heteroatoms. The molecule has 150 valence electrons. The summed E-state index contributed by atoms with van der Waals surface area (Å²) in [5.41, 5.74) is -1.35. The molecule has 3 rings (SSSR count). The van der Waals surface area contributed by atoms with Crippen LogP contribution in [-0.4, -0.2) is 61.8 Å². The first-order valence-corrected chi connectivity index (χ1v) is 9.79. The second-order valence-corrected chi connectivity index (χ2v) is 9.33. The number of ether oxygens (including phenoxy) is 4. The molecule has 2 saturated carbocycles. The van der Waals surface area contributed by atoms with E-state index in [1.54, 1.807) is 0 Å². The largest absolute Gasteiger partial charge is 0.381 e. The average Bonchev–Trinajstić information content (AvgIpc) is 2.88. The van der Waals surface area contributed by atoms with Crippen LogP contribution in [0.5, 0.6) is 0 Å². The van der Waals surface area contributed by atoms with Crippen molar-refractivity contribution in [2.75, 3.05) is 26.3 Å². The second-order valence-electron chi connectivity index (χ2n) is 9.33. The Hall–Kier alpha value is -0.690. The van der Waals surface area contributed by atoms with E-state index in [4.69, 9.17) is 20.3 Å². The molecule has 26 heavy (non-hydrogen) atoms. The highest BCUT2D eigenvalue weighted by Gasteiger charge is 2.84. The standard InChI is InChI=1S/C20H35NO5/c1-15(2)25-20-12-18(20,13-23-9-6-8-21-14-22)11-19(26-17(3,4)5)7-10-24-16(19)20/h14-16H,6-13H2,1-5H3,(H,21,22)/t16-,18+,19+,20-/m0/s1/i10T/t10-,16-,18+,19+,20-. The minimum absolute atomic E-state index is 0.0717. The first kappa shape index (κ1) is 18.7. The molecule has 0 bridgehead atoms. The highest BCUT2D eigenvalue weighted by atomic mass is 16.6. The van der Waals surface area contributed by atoms with Gasteiger partial charge in [-0.3, -0.25) is 4.79 Å². The third-order valence-electron chi connectivity index (χ3n) is 5.60. The minimum atomic E-state index is -0.570. The average molecular weight is 372 g/mol. The maximum Gasteiger partial charge on any atom is 0.207 e. The lowest BCUT2D eigenvalue weighted by atomic mass is 9.89. The Balaban J connectivity index is 1.74. The van der Waals surface area contributed by atoms with Crippen LogP contribution in [0.3, 0.4) is 0 Å². The van der Waals surface area contributed by atoms with Gasteiger partial charge in [-0.05, 0) is 53.9 Å². The van der Waals surface area contributed by atoms with Crippen LogP contribution in [0.4, 0.5) is 0 Å². The zero-order valence-corrected chi connectivity index (χ0v) is 16.8. The van der Waals surface area contributed by atoms with Crippen molar-refractivity contribution in [1.82, 2.24) is 5.32 Å². The monoisotopic (exact) mass is 371 g/mol. The fraction of sp³-hybridized carbons (Fsp3) is 0.950. The summed E-state index contributed by atoms with van der Waals surface area (Å²) < 4.78 is 33.3. The van der Waals surface area contributed by atoms with Gasteiger partial charge in [0.15, 0.2) is 0 Å². The van der Waals surface area contributed by atoms with Crippen LogP contribution in [0, 0.1) is 5.41 Å². The Kier molecular flexibility index (Phi) is 5.05. The zero-order valence-electron chi connectivity index (χ0n) is 17.8. The fourth-order valence-corrected chi connectivity index (χ4v) is 5.05. The van der Waals surface area contributed by atoms with Crippen LogP contribution >= 0.6 is 0 Å². The van der Waals surface area contributed by atoms with E-state index in [-0.39, 0.29) is 23.2 Å². The van der Waals surface area contributed by atoms with Crippen LogP contribution < -0.4 is 5.32 Å². The Morgan fingerprint density at radius 2 is 2.15 bits per heavy atom. The van der Waals surface area contributed by atoms with Crippen molar-refractivity contribution >= 4 is 6.41 Å². The van der Waals surface area contributed by atoms with Gasteiger partial charge < -0.3 is 24.3 Å². The summed E-state index contributed by atoms with van der Waals surface area (Å²) in [6, 6.07) is 0. The molecule has 3 aliphatic rings. The lowest BCUT2D eigenvalue weighted by Crippen LogP contribution is -2.49. The Labute approximate surface area is 158 Å². The molecule has 3 fully saturated rings. The normalized spacial score (nSPS) is 41.7. The molecule has 1 heterocycles. The van der Waals surface area contributed by atoms with Gasteiger partial charge in [0.05, 0.1) is 26.3 Å². The van der Waals surface area contributed by atoms with Crippen molar-refractivity contribution < 1.29 is 25.1 Å². The Morgan fingerprint density at radius 1 is 1.38 bits per heavy atom. The van der Waals surface area contributed by atoms with Crippen molar-refractivity contribution in [3.05, 3.63) is 0 Å². The van der Waals surface area contributed by atoms with E-state index in [0.717, 1.165) is 19.3 Å². The Bertz CT molecular complexity index is 553. The number of fused-ring (bicyclic) bond motifs is 3. The summed E-state index contributed by atoms with van der Waals surface area (Å²) in [6.45, 7) is 11.5. The number of hydrogen-bond donors (Lipinski definition) is 1. The number of hydrogen-bond acceptors (Lipinski definition) is 5. The molecule has 1 saturated heterocycles. The van der Waals surface area contributed by atoms with E-state index < -0.39 is 17.8 Å². The minimum Gasteiger partial charge on any atom is -0.381 e. The van der Waals surface area contributed by atoms with Gasteiger partial charge in [0, 0.05) is 25.0 Å². The number of amides is 1. The maximum absolute atomic E-state index is 10.3. The molecular weight excluding hydrogens is 334 g/mol. The first-order valence-electron chi connectivity index (χ1n) is 10.4. The van der Waals surface area contributed by atoms with E-state index in [0.29, 0.717) is 32.6 Å². The lowest BCUT2D eigenvalue weighted by Gasteiger charge is -2.39. The highest BCUT2D eigenvalue weighted by Crippen LogP contribution is 2.75. The SMILES string of the molecule is [3H][C@H]1C[C@@]2(OC(C)(C)C)C[C@]3(COCCCNC=O)C[C@]3(OC(C)C)[C@H]2O1. The topological polar surface area (TPSA) is 66.0 Å². The number of carbonyl (C=O) groups is 1. The summed E-state index contributed by atoms with van der Waals surface area (Å²) in [5.74, 6) is 0. The van der Waals surface area contributed by atoms with Gasteiger partial charge in [-0.2, -0.15) is 0 Å². The predicted molar refractivity (Wildman–Crippen MR) is 98.0 cm³/mol. The second kappa shape index (κ2) is 7.04. The van der Waals surface area contributed by atoms with E-state index in [1.165, 1.54) is 0 Å². The fourth-order valence-electron chi connectivity index (χ4n) is 5.05. The van der Waals surface area contributed by atoms with E-state index in [1.807, 2.05) is 13.8 Å².